The van der Waals surface area contributed by atoms with E-state index in [-0.39, 0.29) is 12.5 Å². The van der Waals surface area contributed by atoms with Crippen molar-refractivity contribution in [2.24, 2.45) is 0 Å². The zero-order valence-corrected chi connectivity index (χ0v) is 25.3. The highest BCUT2D eigenvalue weighted by Crippen LogP contribution is 2.04. The Morgan fingerprint density at radius 3 is 1.52 bits per heavy atom. The van der Waals surface area contributed by atoms with E-state index < -0.39 is 12.1 Å². The van der Waals surface area contributed by atoms with Gasteiger partial charge in [0, 0.05) is 6.42 Å². The second-order valence-electron chi connectivity index (χ2n) is 9.79. The lowest BCUT2D eigenvalue weighted by molar-refractivity contribution is -0.122. The Labute approximate surface area is 245 Å². The molecule has 0 aliphatic heterocycles. The van der Waals surface area contributed by atoms with Crippen LogP contribution in [0.4, 0.5) is 0 Å². The van der Waals surface area contributed by atoms with Crippen molar-refractivity contribution in [1.29, 1.82) is 0 Å². The number of aliphatic hydroxyl groups is 2. The zero-order chi connectivity index (χ0) is 29.4. The van der Waals surface area contributed by atoms with Crippen molar-refractivity contribution < 1.29 is 15.0 Å². The van der Waals surface area contributed by atoms with Crippen LogP contribution in [0.25, 0.3) is 0 Å². The minimum absolute atomic E-state index is 0.136. The van der Waals surface area contributed by atoms with Gasteiger partial charge in [-0.2, -0.15) is 0 Å². The lowest BCUT2D eigenvalue weighted by atomic mass is 10.1. The number of carbonyl (C=O) groups excluding carboxylic acids is 1. The summed E-state index contributed by atoms with van der Waals surface area (Å²) in [7, 11) is 0. The molecule has 224 valence electrons. The Bertz CT molecular complexity index is 814. The Kier molecular flexibility index (Phi) is 28.8. The summed E-state index contributed by atoms with van der Waals surface area (Å²) in [6, 6.07) is -0.654. The van der Waals surface area contributed by atoms with E-state index in [0.717, 1.165) is 83.5 Å². The third-order valence-corrected chi connectivity index (χ3v) is 6.07. The molecule has 0 rings (SSSR count). The number of rotatable bonds is 25. The van der Waals surface area contributed by atoms with Crippen molar-refractivity contribution in [2.45, 2.75) is 116 Å². The van der Waals surface area contributed by atoms with Crippen LogP contribution in [0.2, 0.25) is 0 Å². The van der Waals surface area contributed by atoms with E-state index in [1.165, 1.54) is 0 Å². The van der Waals surface area contributed by atoms with Gasteiger partial charge in [0.15, 0.2) is 0 Å². The molecule has 0 saturated heterocycles. The van der Waals surface area contributed by atoms with E-state index in [2.05, 4.69) is 104 Å². The predicted molar refractivity (Wildman–Crippen MR) is 174 cm³/mol. The molecule has 4 nitrogen and oxygen atoms in total. The Morgan fingerprint density at radius 2 is 1.07 bits per heavy atom. The van der Waals surface area contributed by atoms with Gasteiger partial charge in [0.05, 0.1) is 18.8 Å². The fourth-order valence-electron chi connectivity index (χ4n) is 3.69. The number of hydrogen-bond acceptors (Lipinski definition) is 3. The van der Waals surface area contributed by atoms with Gasteiger partial charge in [-0.1, -0.05) is 124 Å². The molecule has 0 fully saturated rings. The monoisotopic (exact) mass is 551 g/mol. The molecule has 0 aromatic carbocycles. The molecule has 0 heterocycles. The first kappa shape index (κ1) is 37.3. The normalized spacial score (nSPS) is 14.6. The lowest BCUT2D eigenvalue weighted by Gasteiger charge is -2.19. The standard InChI is InChI=1S/C36H57NO3/c1-3-5-7-9-10-11-12-13-14-15-16-17-18-19-20-21-22-23-24-25-26-28-30-32-36(40)37-34(33-38)35(39)31-29-27-8-6-4-2/h5,7,10-11,13-14,16-17,19-20,22-23,25-26,29,31,34-35,38-39H,3-4,6,8-9,12,15,18,21,24,27-28,30,32-33H2,1-2H3,(H,37,40)/b7-5-,11-10-,14-13-,17-16-,20-19-,23-22-,26-25-,31-29+. The fourth-order valence-corrected chi connectivity index (χ4v) is 3.69. The van der Waals surface area contributed by atoms with Gasteiger partial charge >= 0.3 is 0 Å². The van der Waals surface area contributed by atoms with Crippen molar-refractivity contribution in [3.63, 3.8) is 0 Å². The fraction of sp³-hybridized carbons (Fsp3) is 0.528. The average Bonchev–Trinajstić information content (AvgIpc) is 2.96. The van der Waals surface area contributed by atoms with Crippen molar-refractivity contribution >= 4 is 5.91 Å². The molecule has 2 unspecified atom stereocenters. The predicted octanol–water partition coefficient (Wildman–Crippen LogP) is 8.78. The molecular weight excluding hydrogens is 494 g/mol. The van der Waals surface area contributed by atoms with Gasteiger partial charge in [-0.15, -0.1) is 0 Å². The van der Waals surface area contributed by atoms with E-state index in [1.807, 2.05) is 6.08 Å². The summed E-state index contributed by atoms with van der Waals surface area (Å²) in [5.74, 6) is -0.136. The van der Waals surface area contributed by atoms with Crippen LogP contribution in [0.1, 0.15) is 104 Å². The van der Waals surface area contributed by atoms with Gasteiger partial charge in [-0.3, -0.25) is 4.79 Å². The highest BCUT2D eigenvalue weighted by atomic mass is 16.3. The van der Waals surface area contributed by atoms with Crippen LogP contribution in [0.3, 0.4) is 0 Å². The molecule has 4 heteroatoms. The molecule has 0 radical (unpaired) electrons. The van der Waals surface area contributed by atoms with Gasteiger partial charge in [-0.25, -0.2) is 0 Å². The maximum absolute atomic E-state index is 12.1. The first-order valence-corrected chi connectivity index (χ1v) is 15.5. The van der Waals surface area contributed by atoms with Gasteiger partial charge in [0.2, 0.25) is 5.91 Å². The van der Waals surface area contributed by atoms with E-state index in [9.17, 15) is 15.0 Å². The second-order valence-corrected chi connectivity index (χ2v) is 9.79. The first-order valence-electron chi connectivity index (χ1n) is 15.5. The number of amides is 1. The van der Waals surface area contributed by atoms with Gasteiger partial charge < -0.3 is 15.5 Å². The highest BCUT2D eigenvalue weighted by molar-refractivity contribution is 5.76. The molecule has 3 N–H and O–H groups in total. The maximum Gasteiger partial charge on any atom is 0.220 e. The summed E-state index contributed by atoms with van der Waals surface area (Å²) >= 11 is 0. The molecule has 2 atom stereocenters. The number of hydrogen-bond donors (Lipinski definition) is 3. The summed E-state index contributed by atoms with van der Waals surface area (Å²) in [6.45, 7) is 4.02. The average molecular weight is 552 g/mol. The Balaban J connectivity index is 3.81. The van der Waals surface area contributed by atoms with Crippen LogP contribution >= 0.6 is 0 Å². The van der Waals surface area contributed by atoms with Crippen LogP contribution < -0.4 is 5.32 Å². The van der Waals surface area contributed by atoms with E-state index in [0.29, 0.717) is 6.42 Å². The summed E-state index contributed by atoms with van der Waals surface area (Å²) in [6.07, 6.45) is 46.5. The SMILES string of the molecule is CC/C=C\C/C=C\C/C=C\C/C=C\C/C=C\C/C=C\C/C=C\CCCC(=O)NC(CO)C(O)/C=C/CCCCC. The zero-order valence-electron chi connectivity index (χ0n) is 25.3. The number of nitrogens with one attached hydrogen (secondary N) is 1. The number of unbranched alkanes of at least 4 members (excludes halogenated alkanes) is 4. The third kappa shape index (κ3) is 26.9. The van der Waals surface area contributed by atoms with Crippen LogP contribution in [-0.4, -0.2) is 34.9 Å². The lowest BCUT2D eigenvalue weighted by Crippen LogP contribution is -2.45. The summed E-state index contributed by atoms with van der Waals surface area (Å²) in [4.78, 5) is 12.1. The van der Waals surface area contributed by atoms with Crippen LogP contribution in [0.5, 0.6) is 0 Å². The van der Waals surface area contributed by atoms with E-state index in [1.54, 1.807) is 6.08 Å². The van der Waals surface area contributed by atoms with Crippen molar-refractivity contribution in [3.8, 4) is 0 Å². The van der Waals surface area contributed by atoms with Gasteiger partial charge in [-0.05, 0) is 70.6 Å². The minimum atomic E-state index is -0.864. The number of aliphatic hydroxyl groups excluding tert-OH is 2. The van der Waals surface area contributed by atoms with Crippen molar-refractivity contribution in [2.75, 3.05) is 6.61 Å². The van der Waals surface area contributed by atoms with E-state index in [4.69, 9.17) is 0 Å². The molecule has 0 saturated carbocycles. The summed E-state index contributed by atoms with van der Waals surface area (Å²) in [5.41, 5.74) is 0. The Morgan fingerprint density at radius 1 is 0.625 bits per heavy atom. The summed E-state index contributed by atoms with van der Waals surface area (Å²) in [5, 5.41) is 22.4. The molecule has 40 heavy (non-hydrogen) atoms. The molecule has 0 aliphatic rings. The van der Waals surface area contributed by atoms with Crippen LogP contribution in [0.15, 0.2) is 97.2 Å². The largest absolute Gasteiger partial charge is 0.394 e. The highest BCUT2D eigenvalue weighted by Gasteiger charge is 2.17. The van der Waals surface area contributed by atoms with E-state index >= 15 is 0 Å². The molecule has 0 bridgehead atoms. The quantitative estimate of drug-likeness (QED) is 0.0784. The summed E-state index contributed by atoms with van der Waals surface area (Å²) < 4.78 is 0. The van der Waals surface area contributed by atoms with Crippen molar-refractivity contribution in [3.05, 3.63) is 97.2 Å². The third-order valence-electron chi connectivity index (χ3n) is 6.07. The second kappa shape index (κ2) is 30.8. The molecule has 1 amide bonds. The Hall–Kier alpha value is -2.69. The first-order chi connectivity index (χ1) is 19.7. The topological polar surface area (TPSA) is 69.6 Å². The number of allylic oxidation sites excluding steroid dienone is 15. The smallest absolute Gasteiger partial charge is 0.220 e. The van der Waals surface area contributed by atoms with Gasteiger partial charge in [0.1, 0.15) is 0 Å². The van der Waals surface area contributed by atoms with Crippen molar-refractivity contribution in [1.82, 2.24) is 5.32 Å². The number of carbonyl (C=O) groups is 1. The minimum Gasteiger partial charge on any atom is -0.394 e. The molecule has 0 aliphatic carbocycles. The molecule has 0 aromatic rings. The molecule has 0 spiro atoms. The molecular formula is C36H57NO3. The van der Waals surface area contributed by atoms with Crippen LogP contribution in [0, 0.1) is 0 Å². The van der Waals surface area contributed by atoms with Gasteiger partial charge in [0.25, 0.3) is 0 Å². The molecule has 0 aromatic heterocycles. The maximum atomic E-state index is 12.1. The van der Waals surface area contributed by atoms with Crippen LogP contribution in [-0.2, 0) is 4.79 Å².